The largest absolute Gasteiger partial charge is 0.325 e. The SMILES string of the molecule is Cc1ccc2nc(NC(=O)Cc3csc(NC(=O)Nc4ccc(Cl)cc4)n3)sc2c1. The van der Waals surface area contributed by atoms with Gasteiger partial charge in [-0.1, -0.05) is 29.0 Å². The van der Waals surface area contributed by atoms with Gasteiger partial charge in [-0.2, -0.15) is 0 Å². The minimum atomic E-state index is -0.424. The van der Waals surface area contributed by atoms with Crippen molar-refractivity contribution >= 4 is 72.4 Å². The number of carbonyl (C=O) groups excluding carboxylic acids is 2. The van der Waals surface area contributed by atoms with Crippen molar-refractivity contribution in [1.29, 1.82) is 0 Å². The fourth-order valence-corrected chi connectivity index (χ4v) is 4.46. The minimum Gasteiger partial charge on any atom is -0.308 e. The number of carbonyl (C=O) groups is 2. The van der Waals surface area contributed by atoms with Crippen molar-refractivity contribution in [3.8, 4) is 0 Å². The smallest absolute Gasteiger partial charge is 0.308 e. The van der Waals surface area contributed by atoms with Crippen molar-refractivity contribution in [3.63, 3.8) is 0 Å². The molecule has 0 atom stereocenters. The highest BCUT2D eigenvalue weighted by molar-refractivity contribution is 7.22. The van der Waals surface area contributed by atoms with Crippen molar-refractivity contribution in [1.82, 2.24) is 9.97 Å². The van der Waals surface area contributed by atoms with Crippen LogP contribution in [-0.4, -0.2) is 21.9 Å². The number of thiazole rings is 2. The molecule has 2 aromatic carbocycles. The first kappa shape index (κ1) is 20.3. The van der Waals surface area contributed by atoms with E-state index in [9.17, 15) is 9.59 Å². The fourth-order valence-electron chi connectivity index (χ4n) is 2.65. The van der Waals surface area contributed by atoms with Crippen LogP contribution >= 0.6 is 34.3 Å². The maximum absolute atomic E-state index is 12.3. The van der Waals surface area contributed by atoms with E-state index in [1.54, 1.807) is 29.6 Å². The first-order valence-corrected chi connectivity index (χ1v) is 11.0. The number of hydrogen-bond donors (Lipinski definition) is 3. The summed E-state index contributed by atoms with van der Waals surface area (Å²) in [7, 11) is 0. The molecule has 152 valence electrons. The van der Waals surface area contributed by atoms with E-state index in [-0.39, 0.29) is 12.3 Å². The van der Waals surface area contributed by atoms with E-state index in [1.807, 2.05) is 25.1 Å². The normalized spacial score (nSPS) is 10.7. The monoisotopic (exact) mass is 457 g/mol. The van der Waals surface area contributed by atoms with Crippen LogP contribution in [0.25, 0.3) is 10.2 Å². The predicted molar refractivity (Wildman–Crippen MR) is 123 cm³/mol. The minimum absolute atomic E-state index is 0.0892. The topological polar surface area (TPSA) is 96.0 Å². The summed E-state index contributed by atoms with van der Waals surface area (Å²) in [6.07, 6.45) is 0.0892. The average molecular weight is 458 g/mol. The third-order valence-corrected chi connectivity index (χ3v) is 6.00. The van der Waals surface area contributed by atoms with Gasteiger partial charge in [-0.25, -0.2) is 14.8 Å². The lowest BCUT2D eigenvalue weighted by Crippen LogP contribution is -2.19. The van der Waals surface area contributed by atoms with Crippen LogP contribution < -0.4 is 16.0 Å². The number of amides is 3. The molecule has 0 fully saturated rings. The molecule has 0 saturated heterocycles. The van der Waals surface area contributed by atoms with Gasteiger partial charge in [-0.05, 0) is 48.9 Å². The molecule has 0 bridgehead atoms. The van der Waals surface area contributed by atoms with E-state index >= 15 is 0 Å². The second-order valence-corrected chi connectivity index (χ2v) is 8.77. The summed E-state index contributed by atoms with van der Waals surface area (Å²) in [4.78, 5) is 33.1. The Hall–Kier alpha value is -3.01. The van der Waals surface area contributed by atoms with Crippen LogP contribution in [0.5, 0.6) is 0 Å². The highest BCUT2D eigenvalue weighted by atomic mass is 35.5. The number of nitrogens with zero attached hydrogens (tertiary/aromatic N) is 2. The van der Waals surface area contributed by atoms with E-state index in [0.717, 1.165) is 15.8 Å². The molecule has 4 aromatic rings. The van der Waals surface area contributed by atoms with Gasteiger partial charge in [0.25, 0.3) is 0 Å². The van der Waals surface area contributed by atoms with Gasteiger partial charge in [-0.3, -0.25) is 10.1 Å². The Kier molecular flexibility index (Phi) is 5.93. The van der Waals surface area contributed by atoms with E-state index in [0.29, 0.717) is 26.7 Å². The molecular formula is C20H16ClN5O2S2. The summed E-state index contributed by atoms with van der Waals surface area (Å²) in [5.41, 5.74) is 3.18. The molecule has 3 amide bonds. The van der Waals surface area contributed by atoms with Gasteiger partial charge >= 0.3 is 6.03 Å². The van der Waals surface area contributed by atoms with E-state index in [2.05, 4.69) is 25.9 Å². The molecule has 4 rings (SSSR count). The summed E-state index contributed by atoms with van der Waals surface area (Å²) in [6, 6.07) is 12.3. The summed E-state index contributed by atoms with van der Waals surface area (Å²) in [5, 5.41) is 11.4. The number of hydrogen-bond acceptors (Lipinski definition) is 6. The van der Waals surface area contributed by atoms with Crippen LogP contribution in [-0.2, 0) is 11.2 Å². The summed E-state index contributed by atoms with van der Waals surface area (Å²) < 4.78 is 1.03. The van der Waals surface area contributed by atoms with Crippen LogP contribution in [0.1, 0.15) is 11.3 Å². The molecular weight excluding hydrogens is 442 g/mol. The number of halogens is 1. The highest BCUT2D eigenvalue weighted by Crippen LogP contribution is 2.27. The van der Waals surface area contributed by atoms with Gasteiger partial charge in [0.2, 0.25) is 5.91 Å². The Balaban J connectivity index is 1.32. The number of aryl methyl sites for hydroxylation is 1. The zero-order valence-corrected chi connectivity index (χ0v) is 18.1. The number of aromatic nitrogens is 2. The van der Waals surface area contributed by atoms with E-state index < -0.39 is 6.03 Å². The van der Waals surface area contributed by atoms with Crippen LogP contribution in [0, 0.1) is 6.92 Å². The predicted octanol–water partition coefficient (Wildman–Crippen LogP) is 5.54. The third-order valence-electron chi connectivity index (χ3n) is 4.01. The fraction of sp³-hybridized carbons (Fsp3) is 0.100. The van der Waals surface area contributed by atoms with Crippen molar-refractivity contribution in [2.45, 2.75) is 13.3 Å². The van der Waals surface area contributed by atoms with Crippen molar-refractivity contribution in [2.24, 2.45) is 0 Å². The van der Waals surface area contributed by atoms with Crippen molar-refractivity contribution in [3.05, 3.63) is 64.1 Å². The highest BCUT2D eigenvalue weighted by Gasteiger charge is 2.12. The molecule has 0 radical (unpaired) electrons. The number of benzene rings is 2. The van der Waals surface area contributed by atoms with Gasteiger partial charge in [-0.15, -0.1) is 11.3 Å². The molecule has 2 heterocycles. The Labute approximate surface area is 185 Å². The molecule has 0 aliphatic heterocycles. The quantitative estimate of drug-likeness (QED) is 0.366. The maximum atomic E-state index is 12.3. The number of nitrogens with one attached hydrogen (secondary N) is 3. The van der Waals surface area contributed by atoms with Gasteiger partial charge < -0.3 is 10.6 Å². The van der Waals surface area contributed by atoms with Gasteiger partial charge in [0.05, 0.1) is 22.3 Å². The van der Waals surface area contributed by atoms with Crippen LogP contribution in [0.3, 0.4) is 0 Å². The lowest BCUT2D eigenvalue weighted by molar-refractivity contribution is -0.115. The molecule has 7 nitrogen and oxygen atoms in total. The Morgan fingerprint density at radius 1 is 1.00 bits per heavy atom. The number of fused-ring (bicyclic) bond motifs is 1. The maximum Gasteiger partial charge on any atom is 0.325 e. The summed E-state index contributed by atoms with van der Waals surface area (Å²) in [6.45, 7) is 2.01. The molecule has 0 aliphatic rings. The first-order valence-electron chi connectivity index (χ1n) is 8.89. The molecule has 10 heteroatoms. The molecule has 3 N–H and O–H groups in total. The molecule has 0 aliphatic carbocycles. The Morgan fingerprint density at radius 3 is 2.60 bits per heavy atom. The zero-order chi connectivity index (χ0) is 21.1. The van der Waals surface area contributed by atoms with Gasteiger partial charge in [0, 0.05) is 16.1 Å². The standard InChI is InChI=1S/C20H16ClN5O2S2/c1-11-2-7-15-16(8-11)30-20(24-15)25-17(27)9-14-10-29-19(23-14)26-18(28)22-13-5-3-12(21)4-6-13/h2-8,10H,9H2,1H3,(H,24,25,27)(H2,22,23,26,28). The Morgan fingerprint density at radius 2 is 1.80 bits per heavy atom. The van der Waals surface area contributed by atoms with Gasteiger partial charge in [0.1, 0.15) is 0 Å². The summed E-state index contributed by atoms with van der Waals surface area (Å²) in [5.74, 6) is -0.215. The molecule has 0 spiro atoms. The average Bonchev–Trinajstić information content (AvgIpc) is 3.29. The zero-order valence-electron chi connectivity index (χ0n) is 15.7. The van der Waals surface area contributed by atoms with Crippen molar-refractivity contribution < 1.29 is 9.59 Å². The van der Waals surface area contributed by atoms with Crippen LogP contribution in [0.4, 0.5) is 20.7 Å². The van der Waals surface area contributed by atoms with Crippen LogP contribution in [0.2, 0.25) is 5.02 Å². The first-order chi connectivity index (χ1) is 14.4. The summed E-state index contributed by atoms with van der Waals surface area (Å²) >= 11 is 8.51. The number of anilines is 3. The van der Waals surface area contributed by atoms with E-state index in [4.69, 9.17) is 11.6 Å². The third kappa shape index (κ3) is 5.12. The lowest BCUT2D eigenvalue weighted by atomic mass is 10.2. The molecule has 2 aromatic heterocycles. The van der Waals surface area contributed by atoms with E-state index in [1.165, 1.54) is 22.7 Å². The molecule has 0 saturated carbocycles. The second kappa shape index (κ2) is 8.78. The number of rotatable bonds is 5. The van der Waals surface area contributed by atoms with Crippen molar-refractivity contribution in [2.75, 3.05) is 16.0 Å². The van der Waals surface area contributed by atoms with Gasteiger partial charge in [0.15, 0.2) is 10.3 Å². The molecule has 30 heavy (non-hydrogen) atoms. The lowest BCUT2D eigenvalue weighted by Gasteiger charge is -2.05. The van der Waals surface area contributed by atoms with Crippen LogP contribution in [0.15, 0.2) is 47.8 Å². The molecule has 0 unspecified atom stereocenters. The Bertz CT molecular complexity index is 1220. The second-order valence-electron chi connectivity index (χ2n) is 6.45. The number of urea groups is 1.